The van der Waals surface area contributed by atoms with E-state index >= 15 is 0 Å². The number of aryl methyl sites for hydroxylation is 2. The molecule has 0 aliphatic rings. The molecular weight excluding hydrogens is 294 g/mol. The molecule has 0 spiro atoms. The summed E-state index contributed by atoms with van der Waals surface area (Å²) in [5.74, 6) is -0.342. The van der Waals surface area contributed by atoms with Gasteiger partial charge < -0.3 is 14.4 Å². The lowest BCUT2D eigenvalue weighted by atomic mass is 10.1. The van der Waals surface area contributed by atoms with Crippen LogP contribution >= 0.6 is 0 Å². The van der Waals surface area contributed by atoms with Gasteiger partial charge in [0.15, 0.2) is 0 Å². The fourth-order valence-corrected chi connectivity index (χ4v) is 2.23. The Hall–Kier alpha value is -1.88. The zero-order valence-electron chi connectivity index (χ0n) is 14.6. The standard InChI is InChI=1S/C18H27NO4/c1-5-23-17(20)9-11-19(10-6-12-22-4)18(21)16-8-7-14(2)15(3)13-16/h7-8,13H,5-6,9-12H2,1-4H3. The van der Waals surface area contributed by atoms with Gasteiger partial charge in [0.05, 0.1) is 13.0 Å². The Labute approximate surface area is 138 Å². The summed E-state index contributed by atoms with van der Waals surface area (Å²) >= 11 is 0. The van der Waals surface area contributed by atoms with Gasteiger partial charge in [0.25, 0.3) is 5.91 Å². The minimum atomic E-state index is -0.280. The minimum Gasteiger partial charge on any atom is -0.466 e. The molecule has 0 unspecified atom stereocenters. The van der Waals surface area contributed by atoms with Crippen LogP contribution in [0.3, 0.4) is 0 Å². The molecule has 23 heavy (non-hydrogen) atoms. The summed E-state index contributed by atoms with van der Waals surface area (Å²) in [6, 6.07) is 5.67. The van der Waals surface area contributed by atoms with E-state index in [1.54, 1.807) is 18.9 Å². The molecule has 0 radical (unpaired) electrons. The predicted octanol–water partition coefficient (Wildman–Crippen LogP) is 2.74. The Bertz CT molecular complexity index is 528. The first-order valence-corrected chi connectivity index (χ1v) is 8.00. The highest BCUT2D eigenvalue weighted by atomic mass is 16.5. The van der Waals surface area contributed by atoms with Gasteiger partial charge >= 0.3 is 5.97 Å². The van der Waals surface area contributed by atoms with Crippen LogP contribution in [0.5, 0.6) is 0 Å². The molecule has 5 nitrogen and oxygen atoms in total. The summed E-state index contributed by atoms with van der Waals surface area (Å²) in [6.07, 6.45) is 0.938. The average molecular weight is 321 g/mol. The summed E-state index contributed by atoms with van der Waals surface area (Å²) in [5, 5.41) is 0. The second-order valence-corrected chi connectivity index (χ2v) is 5.49. The molecule has 0 aliphatic heterocycles. The molecule has 0 saturated heterocycles. The number of methoxy groups -OCH3 is 1. The summed E-state index contributed by atoms with van der Waals surface area (Å²) in [7, 11) is 1.63. The smallest absolute Gasteiger partial charge is 0.307 e. The second-order valence-electron chi connectivity index (χ2n) is 5.49. The van der Waals surface area contributed by atoms with Crippen molar-refractivity contribution in [3.63, 3.8) is 0 Å². The molecule has 5 heteroatoms. The highest BCUT2D eigenvalue weighted by Crippen LogP contribution is 2.13. The Kier molecular flexibility index (Phi) is 8.33. The topological polar surface area (TPSA) is 55.8 Å². The van der Waals surface area contributed by atoms with Crippen molar-refractivity contribution in [2.24, 2.45) is 0 Å². The molecular formula is C18H27NO4. The van der Waals surface area contributed by atoms with Crippen molar-refractivity contribution in [1.82, 2.24) is 4.90 Å². The molecule has 1 aromatic carbocycles. The van der Waals surface area contributed by atoms with Gasteiger partial charge in [-0.25, -0.2) is 0 Å². The van der Waals surface area contributed by atoms with E-state index in [4.69, 9.17) is 9.47 Å². The van der Waals surface area contributed by atoms with Gasteiger partial charge in [-0.2, -0.15) is 0 Å². The molecule has 128 valence electrons. The van der Waals surface area contributed by atoms with Gasteiger partial charge in [0.2, 0.25) is 0 Å². The number of carbonyl (C=O) groups excluding carboxylic acids is 2. The Morgan fingerprint density at radius 3 is 2.48 bits per heavy atom. The highest BCUT2D eigenvalue weighted by Gasteiger charge is 2.17. The van der Waals surface area contributed by atoms with E-state index in [-0.39, 0.29) is 18.3 Å². The van der Waals surface area contributed by atoms with Crippen LogP contribution < -0.4 is 0 Å². The first-order chi connectivity index (χ1) is 11.0. The number of hydrogen-bond donors (Lipinski definition) is 0. The first-order valence-electron chi connectivity index (χ1n) is 8.00. The molecule has 1 aromatic rings. The fraction of sp³-hybridized carbons (Fsp3) is 0.556. The van der Waals surface area contributed by atoms with E-state index in [0.29, 0.717) is 31.9 Å². The fourth-order valence-electron chi connectivity index (χ4n) is 2.23. The van der Waals surface area contributed by atoms with Crippen LogP contribution in [0, 0.1) is 13.8 Å². The number of esters is 1. The average Bonchev–Trinajstić information content (AvgIpc) is 2.53. The number of hydrogen-bond acceptors (Lipinski definition) is 4. The number of ether oxygens (including phenoxy) is 2. The zero-order chi connectivity index (χ0) is 17.2. The summed E-state index contributed by atoms with van der Waals surface area (Å²) in [6.45, 7) is 7.62. The van der Waals surface area contributed by atoms with Crippen molar-refractivity contribution in [3.8, 4) is 0 Å². The van der Waals surface area contributed by atoms with Gasteiger partial charge in [-0.05, 0) is 50.5 Å². The lowest BCUT2D eigenvalue weighted by Crippen LogP contribution is -2.34. The van der Waals surface area contributed by atoms with Crippen LogP contribution in [-0.2, 0) is 14.3 Å². The maximum Gasteiger partial charge on any atom is 0.307 e. The second kappa shape index (κ2) is 10.0. The molecule has 0 heterocycles. The third-order valence-corrected chi connectivity index (χ3v) is 3.71. The van der Waals surface area contributed by atoms with Crippen molar-refractivity contribution in [2.75, 3.05) is 33.4 Å². The number of carbonyl (C=O) groups is 2. The van der Waals surface area contributed by atoms with E-state index < -0.39 is 0 Å². The van der Waals surface area contributed by atoms with Crippen molar-refractivity contribution < 1.29 is 19.1 Å². The van der Waals surface area contributed by atoms with Crippen LogP contribution in [0.2, 0.25) is 0 Å². The van der Waals surface area contributed by atoms with Gasteiger partial charge in [0, 0.05) is 32.4 Å². The van der Waals surface area contributed by atoms with Crippen LogP contribution in [0.1, 0.15) is 41.3 Å². The monoisotopic (exact) mass is 321 g/mol. The van der Waals surface area contributed by atoms with E-state index in [2.05, 4.69) is 0 Å². The summed E-state index contributed by atoms with van der Waals surface area (Å²) in [4.78, 5) is 26.0. The van der Waals surface area contributed by atoms with Gasteiger partial charge in [0.1, 0.15) is 0 Å². The van der Waals surface area contributed by atoms with Crippen molar-refractivity contribution in [1.29, 1.82) is 0 Å². The highest BCUT2D eigenvalue weighted by molar-refractivity contribution is 5.94. The maximum absolute atomic E-state index is 12.7. The molecule has 0 saturated carbocycles. The third-order valence-electron chi connectivity index (χ3n) is 3.71. The van der Waals surface area contributed by atoms with Crippen molar-refractivity contribution in [3.05, 3.63) is 34.9 Å². The third kappa shape index (κ3) is 6.40. The Morgan fingerprint density at radius 1 is 1.13 bits per heavy atom. The molecule has 0 N–H and O–H groups in total. The first kappa shape index (κ1) is 19.2. The molecule has 0 fully saturated rings. The summed E-state index contributed by atoms with van der Waals surface area (Å²) in [5.41, 5.74) is 2.88. The number of amides is 1. The lowest BCUT2D eigenvalue weighted by Gasteiger charge is -2.22. The largest absolute Gasteiger partial charge is 0.466 e. The van der Waals surface area contributed by atoms with Gasteiger partial charge in [-0.1, -0.05) is 6.07 Å². The Morgan fingerprint density at radius 2 is 1.87 bits per heavy atom. The van der Waals surface area contributed by atoms with Crippen LogP contribution in [0.25, 0.3) is 0 Å². The van der Waals surface area contributed by atoms with Gasteiger partial charge in [-0.3, -0.25) is 9.59 Å². The van der Waals surface area contributed by atoms with E-state index in [1.807, 2.05) is 32.0 Å². The van der Waals surface area contributed by atoms with E-state index in [9.17, 15) is 9.59 Å². The molecule has 0 atom stereocenters. The van der Waals surface area contributed by atoms with Crippen molar-refractivity contribution >= 4 is 11.9 Å². The van der Waals surface area contributed by atoms with E-state index in [0.717, 1.165) is 17.5 Å². The molecule has 1 rings (SSSR count). The quantitative estimate of drug-likeness (QED) is 0.518. The molecule has 0 aliphatic carbocycles. The molecule has 0 aromatic heterocycles. The van der Waals surface area contributed by atoms with Crippen molar-refractivity contribution in [2.45, 2.75) is 33.6 Å². The van der Waals surface area contributed by atoms with Gasteiger partial charge in [-0.15, -0.1) is 0 Å². The van der Waals surface area contributed by atoms with Crippen LogP contribution in [-0.4, -0.2) is 50.2 Å². The number of benzene rings is 1. The number of rotatable bonds is 9. The predicted molar refractivity (Wildman–Crippen MR) is 89.6 cm³/mol. The zero-order valence-corrected chi connectivity index (χ0v) is 14.6. The minimum absolute atomic E-state index is 0.0616. The lowest BCUT2D eigenvalue weighted by molar-refractivity contribution is -0.143. The molecule has 1 amide bonds. The maximum atomic E-state index is 12.7. The van der Waals surface area contributed by atoms with Crippen LogP contribution in [0.15, 0.2) is 18.2 Å². The van der Waals surface area contributed by atoms with Crippen LogP contribution in [0.4, 0.5) is 0 Å². The number of nitrogens with zero attached hydrogens (tertiary/aromatic N) is 1. The Balaban J connectivity index is 2.77. The molecule has 0 bridgehead atoms. The summed E-state index contributed by atoms with van der Waals surface area (Å²) < 4.78 is 9.98. The SMILES string of the molecule is CCOC(=O)CCN(CCCOC)C(=O)c1ccc(C)c(C)c1. The normalized spacial score (nSPS) is 10.4. The van der Waals surface area contributed by atoms with E-state index in [1.165, 1.54) is 0 Å².